The van der Waals surface area contributed by atoms with Gasteiger partial charge < -0.3 is 28.8 Å². The van der Waals surface area contributed by atoms with Crippen LogP contribution in [0.4, 0.5) is 0 Å². The second-order valence-electron chi connectivity index (χ2n) is 1.58. The molecule has 0 bridgehead atoms. The van der Waals surface area contributed by atoms with E-state index >= 15 is 0 Å². The number of hydrogen-bond acceptors (Lipinski definition) is 8. The number of Topliss-reactive ketones (excluding diaryl/α,β-unsaturated/α-hetero) is 2. The molecule has 0 rings (SSSR count). The molecular weight excluding hydrogens is 444 g/mol. The molecule has 0 unspecified atom stereocenters. The minimum absolute atomic E-state index is 0. The number of ketones is 2. The van der Waals surface area contributed by atoms with E-state index in [0.717, 1.165) is 0 Å². The Bertz CT molecular complexity index is 150. The second-order valence-corrected chi connectivity index (χ2v) is 1.58. The molecule has 0 saturated heterocycles. The van der Waals surface area contributed by atoms with Crippen LogP contribution in [-0.2, 0) is 59.4 Å². The van der Waals surface area contributed by atoms with E-state index in [4.69, 9.17) is 28.8 Å². The molecule has 0 amide bonds. The fraction of sp³-hybridized carbons (Fsp3) is 0.273. The van der Waals surface area contributed by atoms with E-state index < -0.39 is 0 Å². The summed E-state index contributed by atoms with van der Waals surface area (Å²) >= 11 is 0. The molecule has 0 heterocycles. The van der Waals surface area contributed by atoms with Crippen LogP contribution in [0.2, 0.25) is 0 Å². The zero-order valence-corrected chi connectivity index (χ0v) is 13.8. The van der Waals surface area contributed by atoms with Crippen LogP contribution < -0.4 is 0 Å². The van der Waals surface area contributed by atoms with Gasteiger partial charge in [-0.1, -0.05) is 0 Å². The molecule has 0 spiro atoms. The van der Waals surface area contributed by atoms with Gasteiger partial charge in [0.1, 0.15) is 11.6 Å². The van der Waals surface area contributed by atoms with Crippen molar-refractivity contribution in [3.8, 4) is 0 Å². The van der Waals surface area contributed by atoms with Gasteiger partial charge in [0, 0.05) is 21.1 Å². The molecule has 0 aromatic carbocycles. The van der Waals surface area contributed by atoms with Crippen molar-refractivity contribution < 1.29 is 59.4 Å². The average Bonchev–Trinajstić information content (AvgIpc) is 2.50. The Morgan fingerprint density at radius 2 is 0.650 bits per heavy atom. The van der Waals surface area contributed by atoms with Crippen LogP contribution in [0, 0.1) is 0 Å². The minimum atomic E-state index is -0.0625. The van der Waals surface area contributed by atoms with Crippen LogP contribution in [0.25, 0.3) is 0 Å². The Hall–Kier alpha value is -1.95. The van der Waals surface area contributed by atoms with Gasteiger partial charge in [0.2, 0.25) is 0 Å². The standard InChI is InChI=1S/C5H8O2.6CHO.W/c1-4(6)3-5(2)7;6*1-2;/h3H2,1-2H3;6*1H;/q;6*-1;. The van der Waals surface area contributed by atoms with Crippen molar-refractivity contribution in [3.05, 3.63) is 0 Å². The second kappa shape index (κ2) is 172. The molecule has 0 radical (unpaired) electrons. The van der Waals surface area contributed by atoms with E-state index in [0.29, 0.717) is 0 Å². The number of carbonyl (C=O) groups is 2. The SMILES string of the molecule is CC(=O)CC(C)=O.[CH-]=O.[CH-]=O.[CH-]=O.[CH-]=O.[CH-]=O.[CH-]=O.[W]. The summed E-state index contributed by atoms with van der Waals surface area (Å²) in [5, 5.41) is 0. The van der Waals surface area contributed by atoms with Gasteiger partial charge in [0.15, 0.2) is 0 Å². The van der Waals surface area contributed by atoms with Crippen molar-refractivity contribution in [2.45, 2.75) is 20.3 Å². The van der Waals surface area contributed by atoms with E-state index in [2.05, 4.69) is 40.7 Å². The van der Waals surface area contributed by atoms with Gasteiger partial charge in [0.25, 0.3) is 0 Å². The summed E-state index contributed by atoms with van der Waals surface area (Å²) in [5.74, 6) is -0.125. The van der Waals surface area contributed by atoms with Crippen LogP contribution in [-0.4, -0.2) is 52.3 Å². The molecule has 0 fully saturated rings. The quantitative estimate of drug-likeness (QED) is 0.289. The van der Waals surface area contributed by atoms with Crippen molar-refractivity contribution >= 4 is 52.3 Å². The van der Waals surface area contributed by atoms with Gasteiger partial charge in [-0.25, -0.2) is 0 Å². The Balaban J connectivity index is -0.0000000159. The monoisotopic (exact) mass is 458 g/mol. The molecule has 0 aromatic heterocycles. The molecule has 0 atom stereocenters. The van der Waals surface area contributed by atoms with Crippen molar-refractivity contribution in [2.75, 3.05) is 0 Å². The molecule has 8 nitrogen and oxygen atoms in total. The smallest absolute Gasteiger partial charge is 0.137 e. The zero-order valence-electron chi connectivity index (χ0n) is 10.8. The zero-order chi connectivity index (χ0) is 17.9. The van der Waals surface area contributed by atoms with Crippen LogP contribution in [0.15, 0.2) is 0 Å². The molecule has 0 saturated carbocycles. The number of rotatable bonds is 2. The molecule has 118 valence electrons. The van der Waals surface area contributed by atoms with Crippen molar-refractivity contribution in [3.63, 3.8) is 0 Å². The van der Waals surface area contributed by atoms with E-state index in [1.165, 1.54) is 13.8 Å². The number of hydrogen-bond donors (Lipinski definition) is 0. The first-order valence-corrected chi connectivity index (χ1v) is 3.53. The minimum Gasteiger partial charge on any atom is -0.545 e. The molecule has 0 aliphatic rings. The third-order valence-corrected chi connectivity index (χ3v) is 0.498. The fourth-order valence-electron chi connectivity index (χ4n) is 0.351. The molecule has 0 aromatic rings. The van der Waals surface area contributed by atoms with Gasteiger partial charge in [-0.3, -0.25) is 50.3 Å². The van der Waals surface area contributed by atoms with E-state index in [1.54, 1.807) is 0 Å². The molecule has 0 N–H and O–H groups in total. The summed E-state index contributed by atoms with van der Waals surface area (Å²) in [7, 11) is 0. The fourth-order valence-corrected chi connectivity index (χ4v) is 0.351. The Labute approximate surface area is 132 Å². The first kappa shape index (κ1) is 52.0. The van der Waals surface area contributed by atoms with Gasteiger partial charge in [-0.2, -0.15) is 0 Å². The van der Waals surface area contributed by atoms with Crippen LogP contribution in [0.1, 0.15) is 20.3 Å². The Morgan fingerprint density at radius 1 is 0.550 bits per heavy atom. The van der Waals surface area contributed by atoms with E-state index in [9.17, 15) is 9.59 Å². The molecule has 20 heavy (non-hydrogen) atoms. The van der Waals surface area contributed by atoms with E-state index in [-0.39, 0.29) is 39.1 Å². The summed E-state index contributed by atoms with van der Waals surface area (Å²) in [4.78, 5) is 66.6. The average molecular weight is 458 g/mol. The van der Waals surface area contributed by atoms with Crippen LogP contribution in [0.3, 0.4) is 0 Å². The largest absolute Gasteiger partial charge is 0.545 e. The maximum Gasteiger partial charge on any atom is 0.137 e. The van der Waals surface area contributed by atoms with Crippen LogP contribution >= 0.6 is 0 Å². The third kappa shape index (κ3) is 866. The molecule has 9 heteroatoms. The first-order valence-electron chi connectivity index (χ1n) is 3.53. The third-order valence-electron chi connectivity index (χ3n) is 0.498. The maximum absolute atomic E-state index is 10.0. The van der Waals surface area contributed by atoms with Gasteiger partial charge in [0.05, 0.1) is 6.42 Å². The predicted molar refractivity (Wildman–Crippen MR) is 66.5 cm³/mol. The Morgan fingerprint density at radius 3 is 0.650 bits per heavy atom. The van der Waals surface area contributed by atoms with Crippen molar-refractivity contribution in [1.29, 1.82) is 0 Å². The van der Waals surface area contributed by atoms with Crippen LogP contribution in [0.5, 0.6) is 0 Å². The Kier molecular flexibility index (Phi) is 448. The molecular formula is C11H14O8W-6. The molecule has 0 aliphatic heterocycles. The summed E-state index contributed by atoms with van der Waals surface area (Å²) in [6.45, 7) is 22.3. The number of carbonyl (C=O) groups excluding carboxylic acids is 8. The summed E-state index contributed by atoms with van der Waals surface area (Å²) < 4.78 is 0. The topological polar surface area (TPSA) is 137 Å². The van der Waals surface area contributed by atoms with E-state index in [1.807, 2.05) is 0 Å². The molecule has 0 aliphatic carbocycles. The first-order chi connectivity index (χ1) is 9.13. The van der Waals surface area contributed by atoms with Gasteiger partial charge in [-0.15, -0.1) is 0 Å². The maximum atomic E-state index is 10.0. The van der Waals surface area contributed by atoms with Gasteiger partial charge in [-0.05, 0) is 13.8 Å². The summed E-state index contributed by atoms with van der Waals surface area (Å²) in [5.41, 5.74) is 0. The normalized spacial score (nSPS) is 4.10. The summed E-state index contributed by atoms with van der Waals surface area (Å²) in [6, 6.07) is 0. The van der Waals surface area contributed by atoms with Crippen molar-refractivity contribution in [1.82, 2.24) is 0 Å². The predicted octanol–water partition coefficient (Wildman–Crippen LogP) is -1.09. The van der Waals surface area contributed by atoms with Crippen molar-refractivity contribution in [2.24, 2.45) is 0 Å². The summed E-state index contributed by atoms with van der Waals surface area (Å²) in [6.07, 6.45) is 0.0833. The van der Waals surface area contributed by atoms with Gasteiger partial charge >= 0.3 is 0 Å².